The van der Waals surface area contributed by atoms with Crippen LogP contribution in [-0.4, -0.2) is 25.2 Å². The Balaban J connectivity index is 1.94. The van der Waals surface area contributed by atoms with Crippen LogP contribution in [0.1, 0.15) is 29.1 Å². The van der Waals surface area contributed by atoms with Crippen molar-refractivity contribution in [3.8, 4) is 0 Å². The third-order valence-electron chi connectivity index (χ3n) is 3.15. The Morgan fingerprint density at radius 2 is 1.95 bits per heavy atom. The van der Waals surface area contributed by atoms with Gasteiger partial charge in [0.1, 0.15) is 0 Å². The first-order valence-electron chi connectivity index (χ1n) is 6.96. The number of rotatable bonds is 6. The van der Waals surface area contributed by atoms with E-state index in [9.17, 15) is 4.79 Å². The molecule has 1 heterocycles. The monoisotopic (exact) mass is 301 g/mol. The van der Waals surface area contributed by atoms with Crippen LogP contribution in [0.4, 0.5) is 5.69 Å². The molecular weight excluding hydrogens is 282 g/mol. The lowest BCUT2D eigenvalue weighted by Crippen LogP contribution is -2.21. The van der Waals surface area contributed by atoms with Crippen LogP contribution in [-0.2, 0) is 0 Å². The van der Waals surface area contributed by atoms with E-state index in [1.165, 1.54) is 17.0 Å². The molecule has 0 bridgehead atoms. The molecular formula is C16H19N3OS. The Kier molecular flexibility index (Phi) is 5.51. The molecule has 0 unspecified atom stereocenters. The summed E-state index contributed by atoms with van der Waals surface area (Å²) < 4.78 is 0. The molecule has 0 atom stereocenters. The Hall–Kier alpha value is -2.14. The number of hydrazone groups is 1. The van der Waals surface area contributed by atoms with Crippen molar-refractivity contribution in [2.75, 3.05) is 18.0 Å². The lowest BCUT2D eigenvalue weighted by atomic mass is 10.2. The number of hydrogen-bond donors (Lipinski definition) is 1. The Morgan fingerprint density at radius 3 is 2.52 bits per heavy atom. The molecule has 1 aromatic heterocycles. The molecule has 2 rings (SSSR count). The molecule has 0 aliphatic carbocycles. The predicted molar refractivity (Wildman–Crippen MR) is 89.4 cm³/mol. The van der Waals surface area contributed by atoms with E-state index in [4.69, 9.17) is 0 Å². The SMILES string of the molecule is CCN(CC)c1ccc(C=NNC(=O)c2cccs2)cc1. The third kappa shape index (κ3) is 4.16. The standard InChI is InChI=1S/C16H19N3OS/c1-3-19(4-2)14-9-7-13(8-10-14)12-17-18-16(20)15-6-5-11-21-15/h5-12H,3-4H2,1-2H3,(H,18,20). The van der Waals surface area contributed by atoms with Crippen molar-refractivity contribution in [3.05, 3.63) is 52.2 Å². The summed E-state index contributed by atoms with van der Waals surface area (Å²) >= 11 is 1.40. The van der Waals surface area contributed by atoms with Gasteiger partial charge in [0.2, 0.25) is 0 Å². The van der Waals surface area contributed by atoms with Crippen LogP contribution in [0.2, 0.25) is 0 Å². The number of carbonyl (C=O) groups is 1. The number of hydrogen-bond acceptors (Lipinski definition) is 4. The summed E-state index contributed by atoms with van der Waals surface area (Å²) in [4.78, 5) is 14.6. The Labute approximate surface area is 129 Å². The topological polar surface area (TPSA) is 44.7 Å². The molecule has 0 radical (unpaired) electrons. The van der Waals surface area contributed by atoms with Gasteiger partial charge in [-0.25, -0.2) is 5.43 Å². The van der Waals surface area contributed by atoms with Gasteiger partial charge in [0.05, 0.1) is 11.1 Å². The van der Waals surface area contributed by atoms with E-state index in [2.05, 4.69) is 41.4 Å². The summed E-state index contributed by atoms with van der Waals surface area (Å²) in [6, 6.07) is 11.7. The van der Waals surface area contributed by atoms with E-state index >= 15 is 0 Å². The van der Waals surface area contributed by atoms with E-state index in [0.29, 0.717) is 4.88 Å². The smallest absolute Gasteiger partial charge is 0.281 e. The normalized spacial score (nSPS) is 10.8. The van der Waals surface area contributed by atoms with Gasteiger partial charge in [-0.05, 0) is 43.0 Å². The Morgan fingerprint density at radius 1 is 1.24 bits per heavy atom. The van der Waals surface area contributed by atoms with Gasteiger partial charge in [-0.15, -0.1) is 11.3 Å². The number of amides is 1. The van der Waals surface area contributed by atoms with Crippen molar-refractivity contribution < 1.29 is 4.79 Å². The molecule has 0 saturated carbocycles. The number of thiophene rings is 1. The second-order valence-electron chi connectivity index (χ2n) is 4.44. The zero-order chi connectivity index (χ0) is 15.1. The fraction of sp³-hybridized carbons (Fsp3) is 0.250. The minimum atomic E-state index is -0.180. The summed E-state index contributed by atoms with van der Waals surface area (Å²) in [5.41, 5.74) is 4.67. The highest BCUT2D eigenvalue weighted by atomic mass is 32.1. The number of nitrogens with zero attached hydrogens (tertiary/aromatic N) is 2. The first-order valence-corrected chi connectivity index (χ1v) is 7.84. The number of nitrogens with one attached hydrogen (secondary N) is 1. The van der Waals surface area contributed by atoms with Crippen LogP contribution in [0, 0.1) is 0 Å². The van der Waals surface area contributed by atoms with Gasteiger partial charge in [0.15, 0.2) is 0 Å². The lowest BCUT2D eigenvalue weighted by Gasteiger charge is -2.20. The zero-order valence-electron chi connectivity index (χ0n) is 12.2. The fourth-order valence-corrected chi connectivity index (χ4v) is 2.60. The van der Waals surface area contributed by atoms with E-state index in [1.807, 2.05) is 23.6 Å². The molecule has 5 heteroatoms. The molecule has 0 aliphatic rings. The highest BCUT2D eigenvalue weighted by Crippen LogP contribution is 2.14. The second-order valence-corrected chi connectivity index (χ2v) is 5.39. The second kappa shape index (κ2) is 7.59. The molecule has 0 fully saturated rings. The summed E-state index contributed by atoms with van der Waals surface area (Å²) in [5.74, 6) is -0.180. The minimum absolute atomic E-state index is 0.180. The molecule has 0 spiro atoms. The maximum Gasteiger partial charge on any atom is 0.281 e. The average Bonchev–Trinajstić information content (AvgIpc) is 3.04. The van der Waals surface area contributed by atoms with Crippen LogP contribution in [0.25, 0.3) is 0 Å². The summed E-state index contributed by atoms with van der Waals surface area (Å²) in [5, 5.41) is 5.85. The van der Waals surface area contributed by atoms with Crippen molar-refractivity contribution in [2.24, 2.45) is 5.10 Å². The predicted octanol–water partition coefficient (Wildman–Crippen LogP) is 3.36. The molecule has 110 valence electrons. The maximum absolute atomic E-state index is 11.7. The minimum Gasteiger partial charge on any atom is -0.372 e. The van der Waals surface area contributed by atoms with Crippen molar-refractivity contribution in [1.82, 2.24) is 5.43 Å². The number of anilines is 1. The number of benzene rings is 1. The molecule has 1 aromatic carbocycles. The van der Waals surface area contributed by atoms with Gasteiger partial charge >= 0.3 is 0 Å². The van der Waals surface area contributed by atoms with Crippen LogP contribution >= 0.6 is 11.3 Å². The van der Waals surface area contributed by atoms with Gasteiger partial charge in [-0.1, -0.05) is 18.2 Å². The van der Waals surface area contributed by atoms with Crippen molar-refractivity contribution >= 4 is 29.1 Å². The van der Waals surface area contributed by atoms with Gasteiger partial charge in [0.25, 0.3) is 5.91 Å². The van der Waals surface area contributed by atoms with E-state index < -0.39 is 0 Å². The first kappa shape index (κ1) is 15.3. The molecule has 1 N–H and O–H groups in total. The first-order chi connectivity index (χ1) is 10.2. The largest absolute Gasteiger partial charge is 0.372 e. The fourth-order valence-electron chi connectivity index (χ4n) is 1.99. The van der Waals surface area contributed by atoms with E-state index in [-0.39, 0.29) is 5.91 Å². The molecule has 21 heavy (non-hydrogen) atoms. The molecule has 0 aliphatic heterocycles. The van der Waals surface area contributed by atoms with E-state index in [0.717, 1.165) is 18.7 Å². The zero-order valence-corrected chi connectivity index (χ0v) is 13.1. The molecule has 4 nitrogen and oxygen atoms in total. The van der Waals surface area contributed by atoms with Gasteiger partial charge < -0.3 is 4.90 Å². The van der Waals surface area contributed by atoms with Crippen molar-refractivity contribution in [1.29, 1.82) is 0 Å². The lowest BCUT2D eigenvalue weighted by molar-refractivity contribution is 0.0959. The van der Waals surface area contributed by atoms with Crippen molar-refractivity contribution in [3.63, 3.8) is 0 Å². The van der Waals surface area contributed by atoms with Gasteiger partial charge in [0, 0.05) is 18.8 Å². The summed E-state index contributed by atoms with van der Waals surface area (Å²) in [7, 11) is 0. The quantitative estimate of drug-likeness (QED) is 0.657. The van der Waals surface area contributed by atoms with Crippen LogP contribution in [0.15, 0.2) is 46.9 Å². The van der Waals surface area contributed by atoms with Crippen molar-refractivity contribution in [2.45, 2.75) is 13.8 Å². The highest BCUT2D eigenvalue weighted by molar-refractivity contribution is 7.12. The van der Waals surface area contributed by atoms with Crippen LogP contribution in [0.3, 0.4) is 0 Å². The summed E-state index contributed by atoms with van der Waals surface area (Å²) in [6.07, 6.45) is 1.65. The highest BCUT2D eigenvalue weighted by Gasteiger charge is 2.04. The number of carbonyl (C=O) groups excluding carboxylic acids is 1. The maximum atomic E-state index is 11.7. The summed E-state index contributed by atoms with van der Waals surface area (Å²) in [6.45, 7) is 6.25. The van der Waals surface area contributed by atoms with Gasteiger partial charge in [-0.2, -0.15) is 5.10 Å². The van der Waals surface area contributed by atoms with Crippen LogP contribution in [0.5, 0.6) is 0 Å². The molecule has 1 amide bonds. The molecule has 2 aromatic rings. The molecule has 0 saturated heterocycles. The van der Waals surface area contributed by atoms with E-state index in [1.54, 1.807) is 12.3 Å². The van der Waals surface area contributed by atoms with Crippen LogP contribution < -0.4 is 10.3 Å². The third-order valence-corrected chi connectivity index (χ3v) is 4.01. The Bertz CT molecular complexity index is 586. The van der Waals surface area contributed by atoms with Gasteiger partial charge in [-0.3, -0.25) is 4.79 Å². The average molecular weight is 301 g/mol.